The van der Waals surface area contributed by atoms with E-state index in [4.69, 9.17) is 30.0 Å². The summed E-state index contributed by atoms with van der Waals surface area (Å²) in [7, 11) is -9.40. The fraction of sp³-hybridized carbons (Fsp3) is 0.545. The van der Waals surface area contributed by atoms with Crippen LogP contribution in [0.25, 0.3) is 11.2 Å². The lowest BCUT2D eigenvalue weighted by Crippen LogP contribution is -2.33. The quantitative estimate of drug-likeness (QED) is 0.297. The van der Waals surface area contributed by atoms with Gasteiger partial charge in [-0.2, -0.15) is 0 Å². The Labute approximate surface area is 151 Å². The summed E-state index contributed by atoms with van der Waals surface area (Å²) in [6, 6.07) is 0. The Kier molecular flexibility index (Phi) is 5.38. The number of aliphatic hydroxyl groups is 1. The van der Waals surface area contributed by atoms with Gasteiger partial charge in [-0.3, -0.25) is 13.7 Å². The number of fused-ring (bicyclic) bond motifs is 1. The molecule has 3 heterocycles. The first kappa shape index (κ1) is 20.3. The molecule has 0 aromatic carbocycles. The van der Waals surface area contributed by atoms with Crippen LogP contribution in [0.4, 0.5) is 5.82 Å². The van der Waals surface area contributed by atoms with Crippen molar-refractivity contribution in [2.75, 3.05) is 11.9 Å². The molecule has 7 N–H and O–H groups in total. The number of phosphoric acid groups is 1. The number of aromatic nitrogens is 4. The van der Waals surface area contributed by atoms with Gasteiger partial charge >= 0.3 is 15.4 Å². The van der Waals surface area contributed by atoms with Gasteiger partial charge in [-0.15, -0.1) is 0 Å². The van der Waals surface area contributed by atoms with Crippen molar-refractivity contribution in [3.63, 3.8) is 0 Å². The molecule has 4 atom stereocenters. The number of hydrogen-bond donors (Lipinski definition) is 6. The Bertz CT molecular complexity index is 926. The van der Waals surface area contributed by atoms with Crippen molar-refractivity contribution in [3.05, 3.63) is 12.7 Å². The Hall–Kier alpha value is -1.47. The maximum absolute atomic E-state index is 11.3. The predicted octanol–water partition coefficient (Wildman–Crippen LogP) is -1.29. The topological polar surface area (TPSA) is 223 Å². The zero-order chi connectivity index (χ0) is 20.0. The zero-order valence-corrected chi connectivity index (χ0v) is 15.3. The molecular weight excluding hydrogens is 408 g/mol. The van der Waals surface area contributed by atoms with Crippen molar-refractivity contribution in [2.45, 2.75) is 31.0 Å². The van der Waals surface area contributed by atoms with E-state index in [2.05, 4.69) is 19.5 Å². The summed E-state index contributed by atoms with van der Waals surface area (Å²) < 4.78 is 33.9. The smallest absolute Gasteiger partial charge is 0.387 e. The number of ether oxygens (including phenoxy) is 1. The van der Waals surface area contributed by atoms with Crippen molar-refractivity contribution in [1.29, 1.82) is 0 Å². The summed E-state index contributed by atoms with van der Waals surface area (Å²) in [5, 5.41) is 10.4. The second-order valence-electron chi connectivity index (χ2n) is 5.88. The second-order valence-corrected chi connectivity index (χ2v) is 8.84. The number of nitrogens with two attached hydrogens (primary N) is 1. The molecule has 2 aromatic rings. The van der Waals surface area contributed by atoms with Crippen molar-refractivity contribution >= 4 is 32.4 Å². The molecule has 14 nitrogen and oxygen atoms in total. The van der Waals surface area contributed by atoms with Gasteiger partial charge in [-0.25, -0.2) is 19.5 Å². The summed E-state index contributed by atoms with van der Waals surface area (Å²) in [5.41, 5.74) is 6.06. The Morgan fingerprint density at radius 2 is 1.93 bits per heavy atom. The van der Waals surface area contributed by atoms with E-state index < -0.39 is 46.1 Å². The molecule has 1 aliphatic heterocycles. The first-order chi connectivity index (χ1) is 12.5. The Morgan fingerprint density at radius 3 is 2.56 bits per heavy atom. The molecule has 27 heavy (non-hydrogen) atoms. The minimum atomic E-state index is -5.02. The van der Waals surface area contributed by atoms with Crippen molar-refractivity contribution in [3.8, 4) is 0 Å². The lowest BCUT2D eigenvalue weighted by molar-refractivity contribution is -0.0348. The molecular formula is C11H17N5O9P2. The van der Waals surface area contributed by atoms with Gasteiger partial charge in [-0.1, -0.05) is 0 Å². The first-order valence-electron chi connectivity index (χ1n) is 7.51. The molecule has 0 bridgehead atoms. The highest BCUT2D eigenvalue weighted by molar-refractivity contribution is 7.51. The van der Waals surface area contributed by atoms with Gasteiger partial charge in [0.1, 0.15) is 24.1 Å². The summed E-state index contributed by atoms with van der Waals surface area (Å²) in [5.74, 6) is 0.0581. The van der Waals surface area contributed by atoms with Gasteiger partial charge in [0.05, 0.1) is 18.6 Å². The first-order valence-corrected chi connectivity index (χ1v) is 10.8. The van der Waals surface area contributed by atoms with Crippen LogP contribution in [-0.2, 0) is 18.4 Å². The fourth-order valence-corrected chi connectivity index (χ4v) is 3.94. The van der Waals surface area contributed by atoms with Gasteiger partial charge in [0.2, 0.25) is 0 Å². The Morgan fingerprint density at radius 1 is 1.22 bits per heavy atom. The standard InChI is InChI=1S/C11H17N5O9P2/c12-9-6-10(14-3-13-9)16(4-15-6)11-8(25-27(21,22)23)7(17)5(24-11)1-2-26(18,19)20/h3-5,7-8,11,17H,1-2H2,(H2,12,13,14)(H2,18,19,20)(H2,21,22,23)/t5-,7-,8-,11-/m1/s1. The molecule has 0 saturated carbocycles. The third-order valence-electron chi connectivity index (χ3n) is 3.94. The lowest BCUT2D eigenvalue weighted by Gasteiger charge is -2.22. The average Bonchev–Trinajstić information content (AvgIpc) is 3.07. The number of nitrogens with zero attached hydrogens (tertiary/aromatic N) is 4. The zero-order valence-electron chi connectivity index (χ0n) is 13.5. The van der Waals surface area contributed by atoms with Gasteiger partial charge in [0.25, 0.3) is 0 Å². The summed E-state index contributed by atoms with van der Waals surface area (Å²) in [6.45, 7) is 0. The van der Waals surface area contributed by atoms with Crippen LogP contribution in [0.1, 0.15) is 12.6 Å². The highest BCUT2D eigenvalue weighted by Crippen LogP contribution is 2.46. The molecule has 3 rings (SSSR count). The fourth-order valence-electron chi connectivity index (χ4n) is 2.80. The average molecular weight is 425 g/mol. The van der Waals surface area contributed by atoms with Crippen LogP contribution in [0.3, 0.4) is 0 Å². The highest BCUT2D eigenvalue weighted by atomic mass is 31.2. The van der Waals surface area contributed by atoms with Gasteiger partial charge in [0, 0.05) is 0 Å². The van der Waals surface area contributed by atoms with E-state index in [1.165, 1.54) is 10.9 Å². The van der Waals surface area contributed by atoms with Crippen molar-refractivity contribution < 1.29 is 43.1 Å². The minimum Gasteiger partial charge on any atom is -0.387 e. The number of imidazole rings is 1. The number of hydrogen-bond acceptors (Lipinski definition) is 9. The summed E-state index contributed by atoms with van der Waals surface area (Å²) in [6.07, 6.45) is -4.08. The monoisotopic (exact) mass is 425 g/mol. The maximum Gasteiger partial charge on any atom is 0.470 e. The molecule has 0 radical (unpaired) electrons. The third kappa shape index (κ3) is 4.51. The van der Waals surface area contributed by atoms with E-state index in [1.54, 1.807) is 0 Å². The summed E-state index contributed by atoms with van der Waals surface area (Å²) in [4.78, 5) is 48.1. The van der Waals surface area contributed by atoms with Crippen LogP contribution in [0.2, 0.25) is 0 Å². The third-order valence-corrected chi connectivity index (χ3v) is 5.30. The van der Waals surface area contributed by atoms with Crippen molar-refractivity contribution in [1.82, 2.24) is 19.5 Å². The van der Waals surface area contributed by atoms with E-state index in [0.717, 1.165) is 6.33 Å². The van der Waals surface area contributed by atoms with Gasteiger partial charge in [0.15, 0.2) is 17.7 Å². The van der Waals surface area contributed by atoms with Crippen LogP contribution in [0.15, 0.2) is 12.7 Å². The van der Waals surface area contributed by atoms with Gasteiger partial charge < -0.3 is 35.2 Å². The SMILES string of the molecule is Nc1ncnc2c1ncn2[C@@H]1O[C@H](CCP(=O)(O)O)[C@@H](O)[C@H]1OP(=O)(O)O. The normalized spacial score (nSPS) is 26.7. The number of anilines is 1. The number of aliphatic hydroxyl groups excluding tert-OH is 1. The molecule has 1 fully saturated rings. The van der Waals surface area contributed by atoms with Crippen LogP contribution >= 0.6 is 15.4 Å². The minimum absolute atomic E-state index is 0.0581. The van der Waals surface area contributed by atoms with E-state index >= 15 is 0 Å². The summed E-state index contributed by atoms with van der Waals surface area (Å²) >= 11 is 0. The van der Waals surface area contributed by atoms with Crippen LogP contribution in [0, 0.1) is 0 Å². The van der Waals surface area contributed by atoms with E-state index in [9.17, 15) is 14.2 Å². The molecule has 1 aliphatic rings. The van der Waals surface area contributed by atoms with Crippen LogP contribution in [0.5, 0.6) is 0 Å². The molecule has 1 saturated heterocycles. The van der Waals surface area contributed by atoms with E-state index in [0.29, 0.717) is 0 Å². The number of phosphoric ester groups is 1. The van der Waals surface area contributed by atoms with Crippen LogP contribution < -0.4 is 5.73 Å². The largest absolute Gasteiger partial charge is 0.470 e. The second kappa shape index (κ2) is 7.17. The number of nitrogen functional groups attached to an aromatic ring is 1. The van der Waals surface area contributed by atoms with Crippen LogP contribution in [-0.4, -0.2) is 68.7 Å². The number of rotatable bonds is 6. The molecule has 0 amide bonds. The molecule has 0 unspecified atom stereocenters. The van der Waals surface area contributed by atoms with E-state index in [1.807, 2.05) is 0 Å². The van der Waals surface area contributed by atoms with Crippen molar-refractivity contribution in [2.24, 2.45) is 0 Å². The molecule has 16 heteroatoms. The highest BCUT2D eigenvalue weighted by Gasteiger charge is 2.49. The molecule has 150 valence electrons. The Balaban J connectivity index is 1.95. The molecule has 0 aliphatic carbocycles. The van der Waals surface area contributed by atoms with E-state index in [-0.39, 0.29) is 23.4 Å². The van der Waals surface area contributed by atoms with Gasteiger partial charge in [-0.05, 0) is 6.42 Å². The molecule has 0 spiro atoms. The predicted molar refractivity (Wildman–Crippen MR) is 88.1 cm³/mol. The lowest BCUT2D eigenvalue weighted by atomic mass is 10.1. The maximum atomic E-state index is 11.3. The molecule has 2 aromatic heterocycles.